The van der Waals surface area contributed by atoms with Crippen LogP contribution in [-0.2, 0) is 13.1 Å². The smallest absolute Gasteiger partial charge is 0.278 e. The van der Waals surface area contributed by atoms with Crippen LogP contribution in [0.15, 0.2) is 79.3 Å². The molecule has 2 amide bonds. The molecule has 2 heterocycles. The third kappa shape index (κ3) is 4.87. The van der Waals surface area contributed by atoms with Gasteiger partial charge in [-0.2, -0.15) is 10.2 Å². The summed E-state index contributed by atoms with van der Waals surface area (Å²) < 4.78 is 3.40. The highest BCUT2D eigenvalue weighted by Gasteiger charge is 2.19. The standard InChI is InChI=1S/C23H22N6O2/c1-2-28-16-20(21(27-28)23(31)25-19-10-4-3-5-11-19)26-22(30)18-9-6-8-17(14-18)15-29-13-7-12-24-29/h3-14,16H,2,15H2,1H3,(H,25,31)(H,26,30). The summed E-state index contributed by atoms with van der Waals surface area (Å²) in [6, 6.07) is 18.3. The van der Waals surface area contributed by atoms with Crippen molar-refractivity contribution in [3.05, 3.63) is 96.1 Å². The second-order valence-corrected chi connectivity index (χ2v) is 6.93. The lowest BCUT2D eigenvalue weighted by Crippen LogP contribution is -2.18. The molecule has 0 aliphatic carbocycles. The molecular weight excluding hydrogens is 392 g/mol. The maximum absolute atomic E-state index is 12.9. The van der Waals surface area contributed by atoms with Crippen LogP contribution in [-0.4, -0.2) is 31.4 Å². The molecule has 8 heteroatoms. The normalized spacial score (nSPS) is 10.6. The number of nitrogens with one attached hydrogen (secondary N) is 2. The predicted molar refractivity (Wildman–Crippen MR) is 118 cm³/mol. The fraction of sp³-hybridized carbons (Fsp3) is 0.130. The van der Waals surface area contributed by atoms with Crippen LogP contribution in [0.3, 0.4) is 0 Å². The van der Waals surface area contributed by atoms with Gasteiger partial charge in [-0.15, -0.1) is 0 Å². The maximum Gasteiger partial charge on any atom is 0.278 e. The molecule has 0 spiro atoms. The highest BCUT2D eigenvalue weighted by Crippen LogP contribution is 2.18. The van der Waals surface area contributed by atoms with Gasteiger partial charge in [0.05, 0.1) is 12.2 Å². The number of aromatic nitrogens is 4. The van der Waals surface area contributed by atoms with Gasteiger partial charge in [0.1, 0.15) is 0 Å². The summed E-state index contributed by atoms with van der Waals surface area (Å²) in [5, 5.41) is 14.1. The number of anilines is 2. The van der Waals surface area contributed by atoms with E-state index < -0.39 is 0 Å². The van der Waals surface area contributed by atoms with E-state index in [1.807, 2.05) is 55.6 Å². The Morgan fingerprint density at radius 3 is 2.52 bits per heavy atom. The zero-order valence-electron chi connectivity index (χ0n) is 17.0. The number of amides is 2. The van der Waals surface area contributed by atoms with E-state index in [0.717, 1.165) is 5.56 Å². The average Bonchev–Trinajstić information content (AvgIpc) is 3.44. The fourth-order valence-electron chi connectivity index (χ4n) is 3.14. The summed E-state index contributed by atoms with van der Waals surface area (Å²) in [5.74, 6) is -0.701. The number of carbonyl (C=O) groups is 2. The largest absolute Gasteiger partial charge is 0.321 e. The Balaban J connectivity index is 1.53. The fourth-order valence-corrected chi connectivity index (χ4v) is 3.14. The molecule has 0 saturated carbocycles. The molecular formula is C23H22N6O2. The number of para-hydroxylation sites is 1. The lowest BCUT2D eigenvalue weighted by Gasteiger charge is -2.08. The zero-order valence-corrected chi connectivity index (χ0v) is 17.0. The van der Waals surface area contributed by atoms with E-state index in [1.165, 1.54) is 0 Å². The van der Waals surface area contributed by atoms with Gasteiger partial charge in [-0.3, -0.25) is 19.0 Å². The van der Waals surface area contributed by atoms with Gasteiger partial charge >= 0.3 is 0 Å². The summed E-state index contributed by atoms with van der Waals surface area (Å²) in [6.45, 7) is 3.05. The molecule has 0 aliphatic heterocycles. The summed E-state index contributed by atoms with van der Waals surface area (Å²) in [7, 11) is 0. The highest BCUT2D eigenvalue weighted by atomic mass is 16.2. The summed E-state index contributed by atoms with van der Waals surface area (Å²) in [5.41, 5.74) is 2.61. The van der Waals surface area contributed by atoms with Crippen LogP contribution in [0.25, 0.3) is 0 Å². The van der Waals surface area contributed by atoms with Gasteiger partial charge in [0, 0.05) is 36.4 Å². The third-order valence-corrected chi connectivity index (χ3v) is 4.67. The first-order valence-corrected chi connectivity index (χ1v) is 9.94. The van der Waals surface area contributed by atoms with Crippen molar-refractivity contribution < 1.29 is 9.59 Å². The van der Waals surface area contributed by atoms with Crippen LogP contribution in [0.1, 0.15) is 33.3 Å². The third-order valence-electron chi connectivity index (χ3n) is 4.67. The minimum Gasteiger partial charge on any atom is -0.321 e. The second-order valence-electron chi connectivity index (χ2n) is 6.93. The highest BCUT2D eigenvalue weighted by molar-refractivity contribution is 6.11. The molecule has 0 radical (unpaired) electrons. The molecule has 2 aromatic carbocycles. The molecule has 2 N–H and O–H groups in total. The summed E-state index contributed by atoms with van der Waals surface area (Å²) in [6.07, 6.45) is 5.23. The number of aryl methyl sites for hydroxylation is 1. The Kier molecular flexibility index (Phi) is 5.89. The van der Waals surface area contributed by atoms with Crippen LogP contribution < -0.4 is 10.6 Å². The molecule has 0 fully saturated rings. The lowest BCUT2D eigenvalue weighted by atomic mass is 10.1. The zero-order chi connectivity index (χ0) is 21.6. The number of carbonyl (C=O) groups excluding carboxylic acids is 2. The van der Waals surface area contributed by atoms with E-state index in [0.29, 0.717) is 30.0 Å². The second kappa shape index (κ2) is 9.08. The van der Waals surface area contributed by atoms with Crippen molar-refractivity contribution in [3.8, 4) is 0 Å². The van der Waals surface area contributed by atoms with Crippen molar-refractivity contribution >= 4 is 23.2 Å². The van der Waals surface area contributed by atoms with Crippen molar-refractivity contribution in [1.82, 2.24) is 19.6 Å². The Hall–Kier alpha value is -4.20. The summed E-state index contributed by atoms with van der Waals surface area (Å²) in [4.78, 5) is 25.7. The molecule has 0 unspecified atom stereocenters. The first-order chi connectivity index (χ1) is 15.1. The van der Waals surface area contributed by atoms with Gasteiger partial charge in [0.2, 0.25) is 0 Å². The Morgan fingerprint density at radius 2 is 1.77 bits per heavy atom. The van der Waals surface area contributed by atoms with Gasteiger partial charge in [0.25, 0.3) is 11.8 Å². The van der Waals surface area contributed by atoms with E-state index in [2.05, 4.69) is 20.8 Å². The minimum atomic E-state index is -0.388. The number of hydrogen-bond donors (Lipinski definition) is 2. The van der Waals surface area contributed by atoms with Gasteiger partial charge < -0.3 is 10.6 Å². The van der Waals surface area contributed by atoms with Crippen LogP contribution >= 0.6 is 0 Å². The molecule has 0 saturated heterocycles. The summed E-state index contributed by atoms with van der Waals surface area (Å²) >= 11 is 0. The van der Waals surface area contributed by atoms with Gasteiger partial charge in [-0.05, 0) is 42.8 Å². The van der Waals surface area contributed by atoms with Gasteiger partial charge in [0.15, 0.2) is 5.69 Å². The van der Waals surface area contributed by atoms with Crippen LogP contribution in [0, 0.1) is 0 Å². The van der Waals surface area contributed by atoms with Crippen molar-refractivity contribution in [2.45, 2.75) is 20.0 Å². The molecule has 0 aliphatic rings. The van der Waals surface area contributed by atoms with Crippen molar-refractivity contribution in [2.24, 2.45) is 0 Å². The van der Waals surface area contributed by atoms with E-state index >= 15 is 0 Å². The maximum atomic E-state index is 12.9. The number of benzene rings is 2. The number of rotatable bonds is 7. The molecule has 31 heavy (non-hydrogen) atoms. The van der Waals surface area contributed by atoms with Crippen LogP contribution in [0.5, 0.6) is 0 Å². The van der Waals surface area contributed by atoms with Crippen LogP contribution in [0.4, 0.5) is 11.4 Å². The van der Waals surface area contributed by atoms with Crippen molar-refractivity contribution in [3.63, 3.8) is 0 Å². The molecule has 0 bridgehead atoms. The SMILES string of the molecule is CCn1cc(NC(=O)c2cccc(Cn3cccn3)c2)c(C(=O)Nc2ccccc2)n1. The minimum absolute atomic E-state index is 0.159. The van der Waals surface area contributed by atoms with Crippen LogP contribution in [0.2, 0.25) is 0 Å². The molecule has 0 atom stereocenters. The monoisotopic (exact) mass is 414 g/mol. The topological polar surface area (TPSA) is 93.8 Å². The first-order valence-electron chi connectivity index (χ1n) is 9.94. The van der Waals surface area contributed by atoms with E-state index in [9.17, 15) is 9.59 Å². The van der Waals surface area contributed by atoms with Gasteiger partial charge in [-0.1, -0.05) is 30.3 Å². The van der Waals surface area contributed by atoms with Crippen molar-refractivity contribution in [2.75, 3.05) is 10.6 Å². The number of nitrogens with zero attached hydrogens (tertiary/aromatic N) is 4. The Bertz CT molecular complexity index is 1180. The average molecular weight is 414 g/mol. The molecule has 4 aromatic rings. The number of hydrogen-bond acceptors (Lipinski definition) is 4. The van der Waals surface area contributed by atoms with Crippen molar-refractivity contribution in [1.29, 1.82) is 0 Å². The molecule has 2 aromatic heterocycles. The first kappa shape index (κ1) is 20.1. The quantitative estimate of drug-likeness (QED) is 0.483. The Labute approximate surface area is 179 Å². The van der Waals surface area contributed by atoms with E-state index in [4.69, 9.17) is 0 Å². The molecule has 8 nitrogen and oxygen atoms in total. The van der Waals surface area contributed by atoms with E-state index in [-0.39, 0.29) is 17.5 Å². The van der Waals surface area contributed by atoms with Gasteiger partial charge in [-0.25, -0.2) is 0 Å². The Morgan fingerprint density at radius 1 is 0.935 bits per heavy atom. The molecule has 4 rings (SSSR count). The van der Waals surface area contributed by atoms with E-state index in [1.54, 1.807) is 40.0 Å². The molecule has 156 valence electrons. The predicted octanol–water partition coefficient (Wildman–Crippen LogP) is 3.65. The lowest BCUT2D eigenvalue weighted by molar-refractivity contribution is 0.102.